The molecule has 0 bridgehead atoms. The van der Waals surface area contributed by atoms with E-state index in [0.29, 0.717) is 0 Å². The second-order valence-electron chi connectivity index (χ2n) is 3.38. The summed E-state index contributed by atoms with van der Waals surface area (Å²) in [5.41, 5.74) is -0.163. The molecule has 2 aromatic carbocycles. The van der Waals surface area contributed by atoms with Gasteiger partial charge in [0.05, 0.1) is 15.6 Å². The number of hydrogen-bond acceptors (Lipinski definition) is 1. The minimum Gasteiger partial charge on any atom is -0.506 e. The Kier molecular flexibility index (Phi) is 3.22. The van der Waals surface area contributed by atoms with E-state index in [1.807, 2.05) is 0 Å². The lowest BCUT2D eigenvalue weighted by Crippen LogP contribution is -1.90. The molecule has 0 saturated carbocycles. The molecule has 2 rings (SSSR count). The second-order valence-corrected chi connectivity index (χ2v) is 4.19. The van der Waals surface area contributed by atoms with Crippen LogP contribution in [0.4, 0.5) is 8.78 Å². The molecule has 17 heavy (non-hydrogen) atoms. The van der Waals surface area contributed by atoms with Gasteiger partial charge in [0, 0.05) is 11.6 Å². The molecule has 0 unspecified atom stereocenters. The lowest BCUT2D eigenvalue weighted by atomic mass is 10.0. The largest absolute Gasteiger partial charge is 0.506 e. The minimum absolute atomic E-state index is 0.0212. The molecule has 0 heterocycles. The summed E-state index contributed by atoms with van der Waals surface area (Å²) in [5, 5.41) is 9.31. The van der Waals surface area contributed by atoms with Crippen molar-refractivity contribution < 1.29 is 13.9 Å². The fourth-order valence-electron chi connectivity index (χ4n) is 1.48. The Morgan fingerprint density at radius 1 is 0.941 bits per heavy atom. The Balaban J connectivity index is 2.73. The van der Waals surface area contributed by atoms with Crippen molar-refractivity contribution in [1.29, 1.82) is 0 Å². The first-order valence-corrected chi connectivity index (χ1v) is 5.38. The van der Waals surface area contributed by atoms with Gasteiger partial charge >= 0.3 is 0 Å². The van der Waals surface area contributed by atoms with Gasteiger partial charge < -0.3 is 5.11 Å². The zero-order valence-electron chi connectivity index (χ0n) is 8.35. The van der Waals surface area contributed by atoms with Crippen LogP contribution in [0.25, 0.3) is 11.1 Å². The molecule has 0 aliphatic rings. The van der Waals surface area contributed by atoms with Gasteiger partial charge in [0.2, 0.25) is 0 Å². The Labute approximate surface area is 106 Å². The van der Waals surface area contributed by atoms with Gasteiger partial charge in [-0.2, -0.15) is 0 Å². The van der Waals surface area contributed by atoms with Crippen molar-refractivity contribution in [3.05, 3.63) is 52.0 Å². The highest BCUT2D eigenvalue weighted by Crippen LogP contribution is 2.38. The fourth-order valence-corrected chi connectivity index (χ4v) is 1.90. The van der Waals surface area contributed by atoms with E-state index in [4.69, 9.17) is 23.2 Å². The van der Waals surface area contributed by atoms with Crippen LogP contribution in [0.15, 0.2) is 30.3 Å². The average molecular weight is 275 g/mol. The highest BCUT2D eigenvalue weighted by molar-refractivity contribution is 6.36. The number of hydrogen-bond donors (Lipinski definition) is 1. The molecular weight excluding hydrogens is 269 g/mol. The third-order valence-electron chi connectivity index (χ3n) is 2.27. The first kappa shape index (κ1) is 12.1. The lowest BCUT2D eigenvalue weighted by molar-refractivity contribution is 0.475. The minimum atomic E-state index is -0.742. The van der Waals surface area contributed by atoms with Crippen LogP contribution >= 0.6 is 23.2 Å². The second kappa shape index (κ2) is 4.51. The van der Waals surface area contributed by atoms with E-state index >= 15 is 0 Å². The Hall–Kier alpha value is -1.32. The van der Waals surface area contributed by atoms with Crippen molar-refractivity contribution >= 4 is 23.2 Å². The summed E-state index contributed by atoms with van der Waals surface area (Å²) in [6.45, 7) is 0. The molecule has 0 radical (unpaired) electrons. The van der Waals surface area contributed by atoms with Crippen LogP contribution in [0.3, 0.4) is 0 Å². The third-order valence-corrected chi connectivity index (χ3v) is 2.88. The molecular formula is C12H6Cl2F2O. The summed E-state index contributed by atoms with van der Waals surface area (Å²) in [7, 11) is 0. The summed E-state index contributed by atoms with van der Waals surface area (Å²) in [4.78, 5) is 0. The van der Waals surface area contributed by atoms with Gasteiger partial charge in [-0.25, -0.2) is 8.78 Å². The molecule has 0 atom stereocenters. The van der Waals surface area contributed by atoms with Crippen molar-refractivity contribution in [2.45, 2.75) is 0 Å². The number of benzene rings is 2. The van der Waals surface area contributed by atoms with Crippen LogP contribution < -0.4 is 0 Å². The summed E-state index contributed by atoms with van der Waals surface area (Å²) < 4.78 is 27.1. The van der Waals surface area contributed by atoms with Gasteiger partial charge in [-0.3, -0.25) is 0 Å². The third kappa shape index (κ3) is 2.21. The first-order valence-electron chi connectivity index (χ1n) is 4.63. The van der Waals surface area contributed by atoms with Crippen molar-refractivity contribution in [2.24, 2.45) is 0 Å². The zero-order chi connectivity index (χ0) is 12.6. The van der Waals surface area contributed by atoms with Crippen LogP contribution in [0.1, 0.15) is 0 Å². The van der Waals surface area contributed by atoms with Crippen molar-refractivity contribution in [3.8, 4) is 16.9 Å². The van der Waals surface area contributed by atoms with E-state index in [0.717, 1.165) is 18.2 Å². The molecule has 0 aliphatic heterocycles. The van der Waals surface area contributed by atoms with Gasteiger partial charge in [-0.05, 0) is 18.2 Å². The van der Waals surface area contributed by atoms with Crippen LogP contribution in [-0.2, 0) is 0 Å². The van der Waals surface area contributed by atoms with Crippen LogP contribution in [-0.4, -0.2) is 5.11 Å². The van der Waals surface area contributed by atoms with E-state index in [-0.39, 0.29) is 26.9 Å². The van der Waals surface area contributed by atoms with E-state index in [1.54, 1.807) is 0 Å². The summed E-state index contributed by atoms with van der Waals surface area (Å²) in [6.07, 6.45) is 0. The normalized spacial score (nSPS) is 10.6. The predicted octanol–water partition coefficient (Wildman–Crippen LogP) is 4.64. The smallest absolute Gasteiger partial charge is 0.135 e. The first-order chi connectivity index (χ1) is 8.00. The Morgan fingerprint density at radius 2 is 1.53 bits per heavy atom. The Bertz CT molecular complexity index is 565. The topological polar surface area (TPSA) is 20.2 Å². The quantitative estimate of drug-likeness (QED) is 0.803. The number of rotatable bonds is 1. The SMILES string of the molecule is Oc1cc(Cl)c(-c2c(F)cccc2F)cc1Cl. The highest BCUT2D eigenvalue weighted by Gasteiger charge is 2.16. The summed E-state index contributed by atoms with van der Waals surface area (Å²) >= 11 is 11.5. The molecule has 88 valence electrons. The number of aromatic hydroxyl groups is 1. The van der Waals surface area contributed by atoms with E-state index in [2.05, 4.69) is 0 Å². The molecule has 1 nitrogen and oxygen atoms in total. The van der Waals surface area contributed by atoms with Gasteiger partial charge in [0.25, 0.3) is 0 Å². The van der Waals surface area contributed by atoms with Crippen molar-refractivity contribution in [1.82, 2.24) is 0 Å². The number of phenols is 1. The van der Waals surface area contributed by atoms with Gasteiger partial charge in [-0.1, -0.05) is 29.3 Å². The zero-order valence-corrected chi connectivity index (χ0v) is 9.86. The molecule has 2 aromatic rings. The van der Waals surface area contributed by atoms with Gasteiger partial charge in [0.1, 0.15) is 17.4 Å². The predicted molar refractivity (Wildman–Crippen MR) is 63.5 cm³/mol. The van der Waals surface area contributed by atoms with E-state index < -0.39 is 11.6 Å². The van der Waals surface area contributed by atoms with E-state index in [9.17, 15) is 13.9 Å². The maximum Gasteiger partial charge on any atom is 0.135 e. The molecule has 0 aliphatic carbocycles. The molecule has 0 saturated heterocycles. The highest BCUT2D eigenvalue weighted by atomic mass is 35.5. The number of phenolic OH excluding ortho intramolecular Hbond substituents is 1. The standard InChI is InChI=1S/C12H6Cl2F2O/c13-7-5-11(17)8(14)4-6(7)12-9(15)2-1-3-10(12)16/h1-5,17H. The summed E-state index contributed by atoms with van der Waals surface area (Å²) in [6, 6.07) is 5.86. The Morgan fingerprint density at radius 3 is 2.12 bits per heavy atom. The van der Waals surface area contributed by atoms with Crippen molar-refractivity contribution in [3.63, 3.8) is 0 Å². The fraction of sp³-hybridized carbons (Fsp3) is 0. The molecule has 0 aromatic heterocycles. The maximum atomic E-state index is 13.5. The molecule has 0 fully saturated rings. The van der Waals surface area contributed by atoms with Crippen LogP contribution in [0, 0.1) is 11.6 Å². The lowest BCUT2D eigenvalue weighted by Gasteiger charge is -2.08. The molecule has 5 heteroatoms. The van der Waals surface area contributed by atoms with Crippen LogP contribution in [0.5, 0.6) is 5.75 Å². The summed E-state index contributed by atoms with van der Waals surface area (Å²) in [5.74, 6) is -1.72. The molecule has 1 N–H and O–H groups in total. The molecule has 0 spiro atoms. The van der Waals surface area contributed by atoms with Gasteiger partial charge in [0.15, 0.2) is 0 Å². The van der Waals surface area contributed by atoms with E-state index in [1.165, 1.54) is 12.1 Å². The molecule has 0 amide bonds. The monoisotopic (exact) mass is 274 g/mol. The van der Waals surface area contributed by atoms with Crippen LogP contribution in [0.2, 0.25) is 10.0 Å². The van der Waals surface area contributed by atoms with Gasteiger partial charge in [-0.15, -0.1) is 0 Å². The van der Waals surface area contributed by atoms with Crippen molar-refractivity contribution in [2.75, 3.05) is 0 Å². The number of halogens is 4. The average Bonchev–Trinajstić information content (AvgIpc) is 2.25. The maximum absolute atomic E-state index is 13.5.